The van der Waals surface area contributed by atoms with Gasteiger partial charge in [-0.2, -0.15) is 0 Å². The molecule has 0 aliphatic heterocycles. The van der Waals surface area contributed by atoms with E-state index in [2.05, 4.69) is 21.2 Å². The number of anilines is 1. The Labute approximate surface area is 235 Å². The van der Waals surface area contributed by atoms with E-state index in [4.69, 9.17) is 23.2 Å². The SMILES string of the molecule is CNC(=O)[C@@H](Cc1ccccc1)N(Cc1cccc(Br)c1)C(=O)CN(c1ccc(Cl)c(Cl)c1)S(C)(=O)=O. The van der Waals surface area contributed by atoms with Crippen molar-refractivity contribution in [2.24, 2.45) is 0 Å². The quantitative estimate of drug-likeness (QED) is 0.347. The van der Waals surface area contributed by atoms with Gasteiger partial charge in [-0.25, -0.2) is 8.42 Å². The summed E-state index contributed by atoms with van der Waals surface area (Å²) in [6.45, 7) is -0.449. The third-order valence-corrected chi connectivity index (χ3v) is 8.00. The Morgan fingerprint density at radius 1 is 0.946 bits per heavy atom. The van der Waals surface area contributed by atoms with Crippen molar-refractivity contribution in [2.45, 2.75) is 19.0 Å². The summed E-state index contributed by atoms with van der Waals surface area (Å²) in [5.74, 6) is -0.923. The molecule has 0 saturated heterocycles. The standard InChI is InChI=1S/C26H26BrCl2N3O4S/c1-30-26(34)24(14-18-7-4-3-5-8-18)31(16-19-9-6-10-20(27)13-19)25(33)17-32(37(2,35)36)21-11-12-22(28)23(29)15-21/h3-13,15,24H,14,16-17H2,1-2H3,(H,30,34)/t24-/m1/s1. The maximum Gasteiger partial charge on any atom is 0.244 e. The van der Waals surface area contributed by atoms with Crippen molar-refractivity contribution >= 4 is 66.7 Å². The van der Waals surface area contributed by atoms with Crippen molar-refractivity contribution in [3.8, 4) is 0 Å². The average molecular weight is 627 g/mol. The number of hydrogen-bond donors (Lipinski definition) is 1. The van der Waals surface area contributed by atoms with Gasteiger partial charge in [0, 0.05) is 24.5 Å². The van der Waals surface area contributed by atoms with Gasteiger partial charge < -0.3 is 10.2 Å². The maximum atomic E-state index is 13.8. The maximum absolute atomic E-state index is 13.8. The van der Waals surface area contributed by atoms with Crippen molar-refractivity contribution in [3.05, 3.63) is 98.4 Å². The van der Waals surface area contributed by atoms with Crippen molar-refractivity contribution in [2.75, 3.05) is 24.2 Å². The molecule has 0 spiro atoms. The van der Waals surface area contributed by atoms with E-state index in [0.29, 0.717) is 0 Å². The molecule has 0 unspecified atom stereocenters. The van der Waals surface area contributed by atoms with E-state index in [1.54, 1.807) is 0 Å². The van der Waals surface area contributed by atoms with Crippen LogP contribution in [0.1, 0.15) is 11.1 Å². The lowest BCUT2D eigenvalue weighted by Crippen LogP contribution is -2.52. The molecule has 0 aliphatic rings. The molecule has 2 amide bonds. The van der Waals surface area contributed by atoms with E-state index in [-0.39, 0.29) is 34.6 Å². The lowest BCUT2D eigenvalue weighted by Gasteiger charge is -2.33. The number of rotatable bonds is 10. The molecule has 11 heteroatoms. The smallest absolute Gasteiger partial charge is 0.244 e. The first-order chi connectivity index (χ1) is 17.5. The van der Waals surface area contributed by atoms with E-state index in [9.17, 15) is 18.0 Å². The van der Waals surface area contributed by atoms with Crippen molar-refractivity contribution in [3.63, 3.8) is 0 Å². The van der Waals surface area contributed by atoms with Crippen LogP contribution in [0.4, 0.5) is 5.69 Å². The first-order valence-electron chi connectivity index (χ1n) is 11.2. The molecule has 37 heavy (non-hydrogen) atoms. The highest BCUT2D eigenvalue weighted by Crippen LogP contribution is 2.29. The Morgan fingerprint density at radius 3 is 2.22 bits per heavy atom. The Morgan fingerprint density at radius 2 is 1.62 bits per heavy atom. The number of benzene rings is 3. The number of nitrogens with zero attached hydrogens (tertiary/aromatic N) is 2. The van der Waals surface area contributed by atoms with Crippen LogP contribution in [-0.4, -0.2) is 51.0 Å². The van der Waals surface area contributed by atoms with Crippen LogP contribution in [-0.2, 0) is 32.6 Å². The van der Waals surface area contributed by atoms with E-state index in [0.717, 1.165) is 26.2 Å². The van der Waals surface area contributed by atoms with E-state index < -0.39 is 28.5 Å². The highest BCUT2D eigenvalue weighted by Gasteiger charge is 2.32. The second-order valence-electron chi connectivity index (χ2n) is 8.34. The summed E-state index contributed by atoms with van der Waals surface area (Å²) in [7, 11) is -2.39. The molecule has 0 bridgehead atoms. The van der Waals surface area contributed by atoms with Crippen LogP contribution in [0.5, 0.6) is 0 Å². The van der Waals surface area contributed by atoms with E-state index in [1.807, 2.05) is 54.6 Å². The summed E-state index contributed by atoms with van der Waals surface area (Å²) in [6, 6.07) is 20.1. The molecule has 196 valence electrons. The van der Waals surface area contributed by atoms with Crippen LogP contribution in [0, 0.1) is 0 Å². The largest absolute Gasteiger partial charge is 0.357 e. The van der Waals surface area contributed by atoms with Gasteiger partial charge in [0.25, 0.3) is 0 Å². The molecule has 3 aromatic rings. The molecule has 1 atom stereocenters. The molecule has 7 nitrogen and oxygen atoms in total. The van der Waals surface area contributed by atoms with Crippen molar-refractivity contribution < 1.29 is 18.0 Å². The number of carbonyl (C=O) groups is 2. The first kappa shape index (κ1) is 29.0. The average Bonchev–Trinajstić information content (AvgIpc) is 2.86. The number of hydrogen-bond acceptors (Lipinski definition) is 4. The topological polar surface area (TPSA) is 86.8 Å². The third kappa shape index (κ3) is 7.95. The van der Waals surface area contributed by atoms with Gasteiger partial charge >= 0.3 is 0 Å². The molecule has 0 radical (unpaired) electrons. The van der Waals surface area contributed by atoms with E-state index in [1.165, 1.54) is 30.1 Å². The second-order valence-corrected chi connectivity index (χ2v) is 12.0. The van der Waals surface area contributed by atoms with Crippen LogP contribution in [0.3, 0.4) is 0 Å². The van der Waals surface area contributed by atoms with Gasteiger partial charge in [-0.15, -0.1) is 0 Å². The molecule has 3 aromatic carbocycles. The Bertz CT molecular complexity index is 1370. The van der Waals surface area contributed by atoms with Crippen LogP contribution >= 0.6 is 39.1 Å². The number of halogens is 3. The first-order valence-corrected chi connectivity index (χ1v) is 14.6. The molecule has 0 saturated carbocycles. The zero-order valence-corrected chi connectivity index (χ0v) is 24.1. The van der Waals surface area contributed by atoms with Crippen LogP contribution < -0.4 is 9.62 Å². The lowest BCUT2D eigenvalue weighted by atomic mass is 10.0. The summed E-state index contributed by atoms with van der Waals surface area (Å²) in [5, 5.41) is 3.05. The van der Waals surface area contributed by atoms with Crippen molar-refractivity contribution in [1.29, 1.82) is 0 Å². The Kier molecular flexibility index (Phi) is 10.0. The predicted molar refractivity (Wildman–Crippen MR) is 151 cm³/mol. The van der Waals surface area contributed by atoms with Gasteiger partial charge in [-0.1, -0.05) is 81.6 Å². The highest BCUT2D eigenvalue weighted by atomic mass is 79.9. The molecule has 3 rings (SSSR count). The van der Waals surface area contributed by atoms with E-state index >= 15 is 0 Å². The minimum absolute atomic E-state index is 0.0855. The summed E-state index contributed by atoms with van der Waals surface area (Å²) in [6.07, 6.45) is 1.24. The van der Waals surface area contributed by atoms with Crippen LogP contribution in [0.15, 0.2) is 77.3 Å². The normalized spacial score (nSPS) is 12.0. The summed E-state index contributed by atoms with van der Waals surface area (Å²) >= 11 is 15.6. The van der Waals surface area contributed by atoms with Crippen LogP contribution in [0.25, 0.3) is 0 Å². The second kappa shape index (κ2) is 12.8. The Hall–Kier alpha value is -2.59. The van der Waals surface area contributed by atoms with Crippen molar-refractivity contribution in [1.82, 2.24) is 10.2 Å². The fourth-order valence-corrected chi connectivity index (χ4v) is 5.39. The third-order valence-electron chi connectivity index (χ3n) is 5.63. The number of likely N-dealkylation sites (N-methyl/N-ethyl adjacent to an activating group) is 1. The molecule has 0 aliphatic carbocycles. The molecule has 0 heterocycles. The van der Waals surface area contributed by atoms with Gasteiger partial charge in [0.2, 0.25) is 21.8 Å². The number of carbonyl (C=O) groups excluding carboxylic acids is 2. The van der Waals surface area contributed by atoms with Gasteiger partial charge in [-0.05, 0) is 41.5 Å². The summed E-state index contributed by atoms with van der Waals surface area (Å²) < 4.78 is 27.2. The minimum Gasteiger partial charge on any atom is -0.357 e. The fraction of sp³-hybridized carbons (Fsp3) is 0.231. The predicted octanol–water partition coefficient (Wildman–Crippen LogP) is 4.91. The zero-order chi connectivity index (χ0) is 27.2. The van der Waals surface area contributed by atoms with Gasteiger partial charge in [-0.3, -0.25) is 13.9 Å². The van der Waals surface area contributed by atoms with Crippen LogP contribution in [0.2, 0.25) is 10.0 Å². The summed E-state index contributed by atoms with van der Waals surface area (Å²) in [4.78, 5) is 28.3. The zero-order valence-electron chi connectivity index (χ0n) is 20.2. The van der Waals surface area contributed by atoms with Gasteiger partial charge in [0.05, 0.1) is 22.0 Å². The molecular formula is C26H26BrCl2N3O4S. The molecular weight excluding hydrogens is 601 g/mol. The Balaban J connectivity index is 2.04. The van der Waals surface area contributed by atoms with Gasteiger partial charge in [0.15, 0.2) is 0 Å². The summed E-state index contributed by atoms with van der Waals surface area (Å²) in [5.41, 5.74) is 1.81. The molecule has 1 N–H and O–H groups in total. The number of amides is 2. The highest BCUT2D eigenvalue weighted by molar-refractivity contribution is 9.10. The number of nitrogens with one attached hydrogen (secondary N) is 1. The molecule has 0 fully saturated rings. The minimum atomic E-state index is -3.89. The lowest BCUT2D eigenvalue weighted by molar-refractivity contribution is -0.139. The van der Waals surface area contributed by atoms with Gasteiger partial charge in [0.1, 0.15) is 12.6 Å². The molecule has 0 aromatic heterocycles. The fourth-order valence-electron chi connectivity index (χ4n) is 3.81. The number of sulfonamides is 1. The monoisotopic (exact) mass is 625 g/mol.